The summed E-state index contributed by atoms with van der Waals surface area (Å²) in [5.74, 6) is -0.813. The molecule has 0 aliphatic rings. The van der Waals surface area contributed by atoms with Gasteiger partial charge in [0.1, 0.15) is 11.9 Å². The third-order valence-corrected chi connectivity index (χ3v) is 1.75. The van der Waals surface area contributed by atoms with Crippen LogP contribution in [0, 0.1) is 0 Å². The molecule has 1 aromatic rings. The standard InChI is InChI=1S/C9H12O5/c1-13-5-6-2-3-14-9(6)7(10)4-8(11)12/h2-3,7,10H,4-5H2,1H3,(H,11,12)/t7-/m0/s1. The third-order valence-electron chi connectivity index (χ3n) is 1.75. The fourth-order valence-corrected chi connectivity index (χ4v) is 1.17. The Labute approximate surface area is 80.9 Å². The van der Waals surface area contributed by atoms with E-state index in [1.165, 1.54) is 13.4 Å². The van der Waals surface area contributed by atoms with Gasteiger partial charge in [-0.15, -0.1) is 0 Å². The Morgan fingerprint density at radius 1 is 1.71 bits per heavy atom. The number of methoxy groups -OCH3 is 1. The van der Waals surface area contributed by atoms with Crippen molar-refractivity contribution in [2.45, 2.75) is 19.1 Å². The van der Waals surface area contributed by atoms with Crippen molar-refractivity contribution in [2.75, 3.05) is 7.11 Å². The van der Waals surface area contributed by atoms with E-state index in [1.54, 1.807) is 6.07 Å². The van der Waals surface area contributed by atoms with Gasteiger partial charge in [-0.3, -0.25) is 4.79 Å². The number of ether oxygens (including phenoxy) is 1. The van der Waals surface area contributed by atoms with Crippen LogP contribution in [0.3, 0.4) is 0 Å². The Bertz CT molecular complexity index is 304. The van der Waals surface area contributed by atoms with Crippen molar-refractivity contribution in [3.8, 4) is 0 Å². The molecule has 1 heterocycles. The van der Waals surface area contributed by atoms with Crippen molar-refractivity contribution in [3.05, 3.63) is 23.7 Å². The minimum absolute atomic E-state index is 0.259. The van der Waals surface area contributed by atoms with Gasteiger partial charge in [0.05, 0.1) is 19.3 Å². The van der Waals surface area contributed by atoms with E-state index < -0.39 is 12.1 Å². The van der Waals surface area contributed by atoms with Crippen molar-refractivity contribution in [3.63, 3.8) is 0 Å². The van der Waals surface area contributed by atoms with Crippen LogP contribution in [0.4, 0.5) is 0 Å². The van der Waals surface area contributed by atoms with E-state index in [0.29, 0.717) is 12.2 Å². The number of carbonyl (C=O) groups is 1. The van der Waals surface area contributed by atoms with Gasteiger partial charge < -0.3 is 19.4 Å². The van der Waals surface area contributed by atoms with Crippen molar-refractivity contribution in [2.24, 2.45) is 0 Å². The molecule has 1 atom stereocenters. The van der Waals surface area contributed by atoms with Gasteiger partial charge >= 0.3 is 5.97 Å². The van der Waals surface area contributed by atoms with Crippen LogP contribution in [-0.2, 0) is 16.1 Å². The van der Waals surface area contributed by atoms with Crippen LogP contribution in [-0.4, -0.2) is 23.3 Å². The highest BCUT2D eigenvalue weighted by atomic mass is 16.5. The first kappa shape index (κ1) is 10.7. The average Bonchev–Trinajstić information content (AvgIpc) is 2.51. The highest BCUT2D eigenvalue weighted by Gasteiger charge is 2.18. The first-order valence-electron chi connectivity index (χ1n) is 4.10. The Balaban J connectivity index is 2.72. The van der Waals surface area contributed by atoms with Crippen LogP contribution >= 0.6 is 0 Å². The molecule has 2 N–H and O–H groups in total. The molecule has 5 heteroatoms. The van der Waals surface area contributed by atoms with E-state index in [9.17, 15) is 9.90 Å². The van der Waals surface area contributed by atoms with Gasteiger partial charge in [0, 0.05) is 12.7 Å². The number of carboxylic acids is 1. The molecule has 0 unspecified atom stereocenters. The Morgan fingerprint density at radius 3 is 3.00 bits per heavy atom. The van der Waals surface area contributed by atoms with Gasteiger partial charge in [-0.2, -0.15) is 0 Å². The van der Waals surface area contributed by atoms with Gasteiger partial charge in [-0.25, -0.2) is 0 Å². The Kier molecular flexibility index (Phi) is 3.67. The van der Waals surface area contributed by atoms with E-state index in [-0.39, 0.29) is 12.2 Å². The van der Waals surface area contributed by atoms with Gasteiger partial charge in [0.15, 0.2) is 0 Å². The first-order chi connectivity index (χ1) is 6.65. The predicted molar refractivity (Wildman–Crippen MR) is 46.6 cm³/mol. The summed E-state index contributed by atoms with van der Waals surface area (Å²) in [6.45, 7) is 0.294. The molecule has 0 saturated carbocycles. The van der Waals surface area contributed by atoms with Crippen molar-refractivity contribution in [1.82, 2.24) is 0 Å². The fraction of sp³-hybridized carbons (Fsp3) is 0.444. The number of aliphatic hydroxyl groups excluding tert-OH is 1. The van der Waals surface area contributed by atoms with Crippen LogP contribution in [0.1, 0.15) is 23.8 Å². The molecular formula is C9H12O5. The lowest BCUT2D eigenvalue weighted by molar-refractivity contribution is -0.139. The maximum Gasteiger partial charge on any atom is 0.306 e. The molecule has 0 spiro atoms. The van der Waals surface area contributed by atoms with Crippen LogP contribution in [0.2, 0.25) is 0 Å². The number of hydrogen-bond acceptors (Lipinski definition) is 4. The number of aliphatic carboxylic acids is 1. The van der Waals surface area contributed by atoms with Crippen LogP contribution in [0.25, 0.3) is 0 Å². The zero-order valence-corrected chi connectivity index (χ0v) is 7.77. The fourth-order valence-electron chi connectivity index (χ4n) is 1.17. The molecular weight excluding hydrogens is 188 g/mol. The predicted octanol–water partition coefficient (Wildman–Crippen LogP) is 0.934. The Morgan fingerprint density at radius 2 is 2.43 bits per heavy atom. The molecule has 0 saturated heterocycles. The highest BCUT2D eigenvalue weighted by Crippen LogP contribution is 2.22. The zero-order chi connectivity index (χ0) is 10.6. The second-order valence-corrected chi connectivity index (χ2v) is 2.86. The molecule has 0 aromatic carbocycles. The average molecular weight is 200 g/mol. The van der Waals surface area contributed by atoms with Gasteiger partial charge in [-0.05, 0) is 6.07 Å². The molecule has 0 fully saturated rings. The van der Waals surface area contributed by atoms with Crippen molar-refractivity contribution in [1.29, 1.82) is 0 Å². The van der Waals surface area contributed by atoms with E-state index >= 15 is 0 Å². The van der Waals surface area contributed by atoms with Gasteiger partial charge in [0.25, 0.3) is 0 Å². The largest absolute Gasteiger partial charge is 0.481 e. The van der Waals surface area contributed by atoms with E-state index in [4.69, 9.17) is 14.3 Å². The molecule has 78 valence electrons. The van der Waals surface area contributed by atoms with E-state index in [1.807, 2.05) is 0 Å². The summed E-state index contributed by atoms with van der Waals surface area (Å²) in [5.41, 5.74) is 0.668. The maximum atomic E-state index is 10.3. The van der Waals surface area contributed by atoms with Crippen molar-refractivity contribution < 1.29 is 24.2 Å². The molecule has 0 aliphatic carbocycles. The summed E-state index contributed by atoms with van der Waals surface area (Å²) in [7, 11) is 1.51. The smallest absolute Gasteiger partial charge is 0.306 e. The second kappa shape index (κ2) is 4.78. The van der Waals surface area contributed by atoms with E-state index in [0.717, 1.165) is 0 Å². The summed E-state index contributed by atoms with van der Waals surface area (Å²) < 4.78 is 9.85. The normalized spacial score (nSPS) is 12.7. The molecule has 5 nitrogen and oxygen atoms in total. The Hall–Kier alpha value is -1.33. The zero-order valence-electron chi connectivity index (χ0n) is 7.77. The number of aliphatic hydroxyl groups is 1. The minimum Gasteiger partial charge on any atom is -0.481 e. The maximum absolute atomic E-state index is 10.3. The summed E-state index contributed by atoms with van der Waals surface area (Å²) in [5, 5.41) is 17.9. The quantitative estimate of drug-likeness (QED) is 0.739. The minimum atomic E-state index is -1.12. The lowest BCUT2D eigenvalue weighted by Gasteiger charge is -2.06. The monoisotopic (exact) mass is 200 g/mol. The van der Waals surface area contributed by atoms with Crippen molar-refractivity contribution >= 4 is 5.97 Å². The molecule has 1 aromatic heterocycles. The second-order valence-electron chi connectivity index (χ2n) is 2.86. The SMILES string of the molecule is COCc1ccoc1[C@@H](O)CC(=O)O. The lowest BCUT2D eigenvalue weighted by atomic mass is 10.1. The summed E-state index contributed by atoms with van der Waals surface area (Å²) in [6.07, 6.45) is -0.0911. The van der Waals surface area contributed by atoms with Gasteiger partial charge in [0.2, 0.25) is 0 Å². The number of rotatable bonds is 5. The third kappa shape index (κ3) is 2.58. The summed E-state index contributed by atoms with van der Waals surface area (Å²) in [6, 6.07) is 1.64. The molecule has 0 radical (unpaired) electrons. The number of furan rings is 1. The van der Waals surface area contributed by atoms with Crippen LogP contribution < -0.4 is 0 Å². The highest BCUT2D eigenvalue weighted by molar-refractivity contribution is 5.67. The molecule has 0 bridgehead atoms. The number of carboxylic acid groups (broad SMARTS) is 1. The molecule has 0 aliphatic heterocycles. The molecule has 14 heavy (non-hydrogen) atoms. The first-order valence-corrected chi connectivity index (χ1v) is 4.10. The molecule has 1 rings (SSSR count). The topological polar surface area (TPSA) is 79.9 Å². The summed E-state index contributed by atoms with van der Waals surface area (Å²) in [4.78, 5) is 10.3. The van der Waals surface area contributed by atoms with Crippen LogP contribution in [0.5, 0.6) is 0 Å². The van der Waals surface area contributed by atoms with Crippen LogP contribution in [0.15, 0.2) is 16.7 Å². The molecule has 0 amide bonds. The lowest BCUT2D eigenvalue weighted by Crippen LogP contribution is -2.06. The van der Waals surface area contributed by atoms with Gasteiger partial charge in [-0.1, -0.05) is 0 Å². The number of hydrogen-bond donors (Lipinski definition) is 2. The van der Waals surface area contributed by atoms with E-state index in [2.05, 4.69) is 0 Å². The summed E-state index contributed by atoms with van der Waals surface area (Å²) >= 11 is 0.